The van der Waals surface area contributed by atoms with E-state index in [-0.39, 0.29) is 10.8 Å². The molecule has 0 saturated carbocycles. The standard InChI is InChI=1S/C11H15ClN4O2/c1-7-3-4-15(5-8(7)2)11-9(16(17)18)10(12)13-6-14-11/h6-8H,3-5H2,1-2H3. The summed E-state index contributed by atoms with van der Waals surface area (Å²) in [6.07, 6.45) is 2.27. The van der Waals surface area contributed by atoms with Gasteiger partial charge in [-0.3, -0.25) is 10.1 Å². The Hall–Kier alpha value is -1.43. The number of halogens is 1. The van der Waals surface area contributed by atoms with Crippen molar-refractivity contribution in [1.82, 2.24) is 9.97 Å². The summed E-state index contributed by atoms with van der Waals surface area (Å²) in [6.45, 7) is 5.86. The SMILES string of the molecule is CC1CCN(c2ncnc(Cl)c2[N+](=O)[O-])CC1C. The van der Waals surface area contributed by atoms with Gasteiger partial charge in [-0.1, -0.05) is 25.4 Å². The first-order chi connectivity index (χ1) is 8.50. The molecule has 0 aliphatic carbocycles. The quantitative estimate of drug-likeness (QED) is 0.469. The predicted molar refractivity (Wildman–Crippen MR) is 68.9 cm³/mol. The van der Waals surface area contributed by atoms with Gasteiger partial charge < -0.3 is 4.90 Å². The van der Waals surface area contributed by atoms with Crippen LogP contribution in [0.15, 0.2) is 6.33 Å². The van der Waals surface area contributed by atoms with Crippen molar-refractivity contribution in [2.24, 2.45) is 11.8 Å². The molecule has 1 fully saturated rings. The molecule has 0 N–H and O–H groups in total. The lowest BCUT2D eigenvalue weighted by atomic mass is 9.89. The van der Waals surface area contributed by atoms with Gasteiger partial charge in [0.15, 0.2) is 0 Å². The van der Waals surface area contributed by atoms with E-state index in [9.17, 15) is 10.1 Å². The Labute approximate surface area is 110 Å². The molecule has 1 aromatic heterocycles. The second-order valence-corrected chi connectivity index (χ2v) is 5.14. The fourth-order valence-corrected chi connectivity index (χ4v) is 2.39. The average molecular weight is 271 g/mol. The van der Waals surface area contributed by atoms with Gasteiger partial charge in [-0.25, -0.2) is 9.97 Å². The van der Waals surface area contributed by atoms with Crippen LogP contribution in [0.3, 0.4) is 0 Å². The van der Waals surface area contributed by atoms with Crippen molar-refractivity contribution >= 4 is 23.1 Å². The lowest BCUT2D eigenvalue weighted by molar-refractivity contribution is -0.384. The second kappa shape index (κ2) is 5.06. The van der Waals surface area contributed by atoms with Crippen molar-refractivity contribution in [2.45, 2.75) is 20.3 Å². The zero-order chi connectivity index (χ0) is 13.3. The second-order valence-electron chi connectivity index (χ2n) is 4.78. The smallest absolute Gasteiger partial charge is 0.348 e. The van der Waals surface area contributed by atoms with E-state index in [0.717, 1.165) is 19.5 Å². The monoisotopic (exact) mass is 270 g/mol. The van der Waals surface area contributed by atoms with Crippen molar-refractivity contribution in [2.75, 3.05) is 18.0 Å². The third-order valence-electron chi connectivity index (χ3n) is 3.57. The minimum absolute atomic E-state index is 0.101. The van der Waals surface area contributed by atoms with Gasteiger partial charge in [0, 0.05) is 13.1 Å². The molecular weight excluding hydrogens is 256 g/mol. The van der Waals surface area contributed by atoms with Crippen LogP contribution < -0.4 is 4.90 Å². The third-order valence-corrected chi connectivity index (χ3v) is 3.85. The molecule has 2 unspecified atom stereocenters. The Morgan fingerprint density at radius 1 is 1.44 bits per heavy atom. The zero-order valence-electron chi connectivity index (χ0n) is 10.3. The summed E-state index contributed by atoms with van der Waals surface area (Å²) in [4.78, 5) is 20.2. The number of hydrogen-bond acceptors (Lipinski definition) is 5. The minimum Gasteiger partial charge on any atom is -0.350 e. The molecule has 0 aromatic carbocycles. The first kappa shape index (κ1) is 13.0. The number of hydrogen-bond donors (Lipinski definition) is 0. The molecule has 1 aliphatic rings. The summed E-state index contributed by atoms with van der Waals surface area (Å²) in [5.74, 6) is 1.43. The molecule has 0 spiro atoms. The van der Waals surface area contributed by atoms with Gasteiger partial charge in [0.1, 0.15) is 6.33 Å². The van der Waals surface area contributed by atoms with E-state index in [1.165, 1.54) is 6.33 Å². The Kier molecular flexibility index (Phi) is 3.65. The van der Waals surface area contributed by atoms with Crippen molar-refractivity contribution < 1.29 is 4.92 Å². The lowest BCUT2D eigenvalue weighted by Crippen LogP contribution is -2.39. The highest BCUT2D eigenvalue weighted by Gasteiger charge is 2.30. The Morgan fingerprint density at radius 3 is 2.78 bits per heavy atom. The first-order valence-corrected chi connectivity index (χ1v) is 6.28. The van der Waals surface area contributed by atoms with Crippen LogP contribution in [-0.4, -0.2) is 28.0 Å². The lowest BCUT2D eigenvalue weighted by Gasteiger charge is -2.35. The van der Waals surface area contributed by atoms with Crippen LogP contribution in [0.1, 0.15) is 20.3 Å². The van der Waals surface area contributed by atoms with Crippen molar-refractivity contribution in [3.8, 4) is 0 Å². The van der Waals surface area contributed by atoms with Gasteiger partial charge in [-0.05, 0) is 18.3 Å². The van der Waals surface area contributed by atoms with Crippen molar-refractivity contribution in [3.05, 3.63) is 21.6 Å². The zero-order valence-corrected chi connectivity index (χ0v) is 11.1. The molecule has 7 heteroatoms. The molecule has 1 aromatic rings. The van der Waals surface area contributed by atoms with Crippen LogP contribution in [0, 0.1) is 22.0 Å². The largest absolute Gasteiger partial charge is 0.350 e. The molecular formula is C11H15ClN4O2. The van der Waals surface area contributed by atoms with Crippen molar-refractivity contribution in [3.63, 3.8) is 0 Å². The maximum absolute atomic E-state index is 11.0. The number of nitrogens with zero attached hydrogens (tertiary/aromatic N) is 4. The molecule has 2 atom stereocenters. The molecule has 0 bridgehead atoms. The van der Waals surface area contributed by atoms with Gasteiger partial charge >= 0.3 is 5.69 Å². The number of anilines is 1. The van der Waals surface area contributed by atoms with E-state index >= 15 is 0 Å². The molecule has 1 aliphatic heterocycles. The fourth-order valence-electron chi connectivity index (χ4n) is 2.19. The number of rotatable bonds is 2. The minimum atomic E-state index is -0.514. The van der Waals surface area contributed by atoms with Crippen LogP contribution in [0.4, 0.5) is 11.5 Å². The Bertz CT molecular complexity index is 468. The molecule has 2 rings (SSSR count). The highest BCUT2D eigenvalue weighted by molar-refractivity contribution is 6.31. The van der Waals surface area contributed by atoms with E-state index < -0.39 is 4.92 Å². The summed E-state index contributed by atoms with van der Waals surface area (Å²) in [6, 6.07) is 0. The topological polar surface area (TPSA) is 72.2 Å². The first-order valence-electron chi connectivity index (χ1n) is 5.90. The predicted octanol–water partition coefficient (Wildman–Crippen LogP) is 2.52. The van der Waals surface area contributed by atoms with Crippen LogP contribution in [0.2, 0.25) is 5.15 Å². The fraction of sp³-hybridized carbons (Fsp3) is 0.636. The van der Waals surface area contributed by atoms with E-state index in [1.807, 2.05) is 4.90 Å². The van der Waals surface area contributed by atoms with E-state index in [2.05, 4.69) is 23.8 Å². The summed E-state index contributed by atoms with van der Waals surface area (Å²) in [7, 11) is 0. The van der Waals surface area contributed by atoms with Gasteiger partial charge in [0.25, 0.3) is 0 Å². The number of piperidine rings is 1. The number of nitro groups is 1. The van der Waals surface area contributed by atoms with Crippen LogP contribution in [0.25, 0.3) is 0 Å². The highest BCUT2D eigenvalue weighted by Crippen LogP contribution is 2.34. The van der Waals surface area contributed by atoms with Crippen molar-refractivity contribution in [1.29, 1.82) is 0 Å². The van der Waals surface area contributed by atoms with E-state index in [1.54, 1.807) is 0 Å². The molecule has 0 amide bonds. The molecule has 18 heavy (non-hydrogen) atoms. The van der Waals surface area contributed by atoms with Gasteiger partial charge in [-0.2, -0.15) is 0 Å². The molecule has 1 saturated heterocycles. The Morgan fingerprint density at radius 2 is 2.17 bits per heavy atom. The average Bonchev–Trinajstić information content (AvgIpc) is 2.32. The van der Waals surface area contributed by atoms with Crippen LogP contribution >= 0.6 is 11.6 Å². The molecule has 2 heterocycles. The molecule has 98 valence electrons. The van der Waals surface area contributed by atoms with Crippen LogP contribution in [-0.2, 0) is 0 Å². The summed E-state index contributed by atoms with van der Waals surface area (Å²) < 4.78 is 0. The summed E-state index contributed by atoms with van der Waals surface area (Å²) >= 11 is 5.79. The third kappa shape index (κ3) is 2.38. The van der Waals surface area contributed by atoms with Gasteiger partial charge in [0.2, 0.25) is 11.0 Å². The van der Waals surface area contributed by atoms with Gasteiger partial charge in [0.05, 0.1) is 4.92 Å². The highest BCUT2D eigenvalue weighted by atomic mass is 35.5. The van der Waals surface area contributed by atoms with E-state index in [0.29, 0.717) is 17.7 Å². The van der Waals surface area contributed by atoms with Crippen LogP contribution in [0.5, 0.6) is 0 Å². The summed E-state index contributed by atoms with van der Waals surface area (Å²) in [5.41, 5.74) is -0.194. The van der Waals surface area contributed by atoms with Gasteiger partial charge in [-0.15, -0.1) is 0 Å². The number of aromatic nitrogens is 2. The maximum atomic E-state index is 11.0. The molecule has 0 radical (unpaired) electrons. The molecule has 6 nitrogen and oxygen atoms in total. The van der Waals surface area contributed by atoms with E-state index in [4.69, 9.17) is 11.6 Å². The summed E-state index contributed by atoms with van der Waals surface area (Å²) in [5, 5.41) is 10.9. The Balaban J connectivity index is 2.34. The maximum Gasteiger partial charge on any atom is 0.348 e. The normalized spacial score (nSPS) is 24.1.